The largest absolute Gasteiger partial charge is 0.442 e. The van der Waals surface area contributed by atoms with Gasteiger partial charge in [-0.3, -0.25) is 4.74 Å². The van der Waals surface area contributed by atoms with Crippen LogP contribution in [0, 0.1) is 0 Å². The molecule has 0 aliphatic heterocycles. The maximum atomic E-state index is 13.4. The van der Waals surface area contributed by atoms with Crippen molar-refractivity contribution < 1.29 is 26.7 Å². The monoisotopic (exact) mass is 416 g/mol. The van der Waals surface area contributed by atoms with E-state index in [9.17, 15) is 22.0 Å². The van der Waals surface area contributed by atoms with Gasteiger partial charge >= 0.3 is 16.6 Å². The van der Waals surface area contributed by atoms with Crippen LogP contribution in [0.3, 0.4) is 0 Å². The van der Waals surface area contributed by atoms with E-state index in [0.717, 1.165) is 0 Å². The lowest BCUT2D eigenvalue weighted by molar-refractivity contribution is -0.246. The van der Waals surface area contributed by atoms with Gasteiger partial charge in [0.15, 0.2) is 0 Å². The zero-order chi connectivity index (χ0) is 15.2. The molecule has 0 radical (unpaired) electrons. The van der Waals surface area contributed by atoms with Crippen molar-refractivity contribution in [3.05, 3.63) is 0 Å². The Kier molecular flexibility index (Phi) is 5.94. The van der Waals surface area contributed by atoms with Gasteiger partial charge in [0.25, 0.3) is 8.31 Å². The topological polar surface area (TPSA) is 9.23 Å². The first-order valence-corrected chi connectivity index (χ1v) is 6.07. The van der Waals surface area contributed by atoms with Gasteiger partial charge in [-0.2, -0.15) is 17.6 Å². The average molecular weight is 419 g/mol. The highest BCUT2D eigenvalue weighted by atomic mass is 35.6. The Hall–Kier alpha value is 1.64. The molecule has 0 aromatic carbocycles. The minimum absolute atomic E-state index is 3.12. The van der Waals surface area contributed by atoms with Crippen LogP contribution in [-0.4, -0.2) is 24.9 Å². The molecule has 13 heteroatoms. The molecule has 2 atom stereocenters. The van der Waals surface area contributed by atoms with Gasteiger partial charge in [-0.15, -0.1) is 0 Å². The highest BCUT2D eigenvalue weighted by Crippen LogP contribution is 2.56. The highest BCUT2D eigenvalue weighted by molar-refractivity contribution is 6.70. The van der Waals surface area contributed by atoms with Crippen molar-refractivity contribution in [3.63, 3.8) is 0 Å². The van der Waals surface area contributed by atoms with Crippen LogP contribution >= 0.6 is 81.2 Å². The smallest absolute Gasteiger partial charge is 0.289 e. The lowest BCUT2D eigenvalue weighted by Crippen LogP contribution is -2.55. The summed E-state index contributed by atoms with van der Waals surface area (Å²) in [4.78, 5) is 0. The van der Waals surface area contributed by atoms with Crippen molar-refractivity contribution in [1.82, 2.24) is 0 Å². The number of alkyl halides is 12. The van der Waals surface area contributed by atoms with Gasteiger partial charge in [-0.05, 0) is 11.6 Å². The van der Waals surface area contributed by atoms with Crippen LogP contribution in [0.5, 0.6) is 0 Å². The van der Waals surface area contributed by atoms with Crippen molar-refractivity contribution in [2.45, 2.75) is 24.9 Å². The minimum Gasteiger partial charge on any atom is -0.289 e. The number of rotatable bonds is 3. The van der Waals surface area contributed by atoms with E-state index in [1.54, 1.807) is 0 Å². The molecule has 0 N–H and O–H groups in total. The fraction of sp³-hybridized carbons (Fsp3) is 1.00. The summed E-state index contributed by atoms with van der Waals surface area (Å²) in [6, 6.07) is 0. The summed E-state index contributed by atoms with van der Waals surface area (Å²) in [7, 11) is 0. The molecule has 18 heavy (non-hydrogen) atoms. The molecule has 0 amide bonds. The summed E-state index contributed by atoms with van der Waals surface area (Å²) in [6.07, 6.45) is -5.82. The molecule has 0 rings (SSSR count). The van der Waals surface area contributed by atoms with E-state index in [1.807, 2.05) is 0 Å². The Labute approximate surface area is 132 Å². The van der Waals surface area contributed by atoms with Gasteiger partial charge < -0.3 is 0 Å². The molecule has 0 saturated heterocycles. The van der Waals surface area contributed by atoms with Crippen molar-refractivity contribution in [1.29, 1.82) is 0 Å². The van der Waals surface area contributed by atoms with Gasteiger partial charge in [0, 0.05) is 0 Å². The summed E-state index contributed by atoms with van der Waals surface area (Å²) in [6.45, 7) is 0. The summed E-state index contributed by atoms with van der Waals surface area (Å²) >= 11 is 33.7. The third kappa shape index (κ3) is 4.07. The van der Waals surface area contributed by atoms with E-state index in [4.69, 9.17) is 69.6 Å². The van der Waals surface area contributed by atoms with Crippen LogP contribution in [0.2, 0.25) is 0 Å². The van der Waals surface area contributed by atoms with E-state index in [2.05, 4.69) is 16.3 Å². The van der Waals surface area contributed by atoms with Crippen LogP contribution in [0.15, 0.2) is 0 Å². The molecule has 0 bridgehead atoms. The molecule has 0 fully saturated rings. The third-order valence-corrected chi connectivity index (χ3v) is 4.04. The minimum atomic E-state index is -5.82. The van der Waals surface area contributed by atoms with E-state index >= 15 is 0 Å². The first kappa shape index (κ1) is 19.6. The fourth-order valence-corrected chi connectivity index (χ4v) is 1.22. The zero-order valence-corrected chi connectivity index (χ0v) is 12.7. The van der Waals surface area contributed by atoms with Crippen molar-refractivity contribution in [2.75, 3.05) is 0 Å². The second-order valence-corrected chi connectivity index (χ2v) is 7.25. The van der Waals surface area contributed by atoms with Gasteiger partial charge in [-0.1, -0.05) is 69.6 Å². The van der Waals surface area contributed by atoms with Crippen LogP contribution in [-0.2, 0) is 4.74 Å². The van der Waals surface area contributed by atoms with Crippen molar-refractivity contribution in [2.24, 2.45) is 0 Å². The standard InChI is InChI=1S/C5Cl7F5O/c6-1(13,5(15,16)17)3(10,11)18-4(12,14)2(7,8)9. The predicted molar refractivity (Wildman–Crippen MR) is 61.3 cm³/mol. The molecule has 0 aromatic heterocycles. The second kappa shape index (κ2) is 5.44. The molecule has 0 saturated carbocycles. The number of hydrogen-bond acceptors (Lipinski definition) is 1. The van der Waals surface area contributed by atoms with E-state index in [1.165, 1.54) is 0 Å². The van der Waals surface area contributed by atoms with Gasteiger partial charge in [0.1, 0.15) is 0 Å². The molecular formula is C5Cl7F5O. The molecule has 0 heterocycles. The predicted octanol–water partition coefficient (Wildman–Crippen LogP) is 5.83. The molecule has 110 valence electrons. The lowest BCUT2D eigenvalue weighted by atomic mass is 10.4. The molecular weight excluding hydrogens is 419 g/mol. The Morgan fingerprint density at radius 1 is 0.667 bits per heavy atom. The number of halogens is 12. The number of hydrogen-bond donors (Lipinski definition) is 0. The third-order valence-electron chi connectivity index (χ3n) is 1.31. The second-order valence-electron chi connectivity index (χ2n) is 2.71. The van der Waals surface area contributed by atoms with Gasteiger partial charge in [0.2, 0.25) is 0 Å². The first-order valence-electron chi connectivity index (χ1n) is 3.43. The molecule has 0 aliphatic rings. The molecule has 2 unspecified atom stereocenters. The van der Waals surface area contributed by atoms with E-state index in [0.29, 0.717) is 0 Å². The SMILES string of the molecule is FC(F)(F)C(F)(Cl)C(Cl)(Cl)OC(F)(Cl)C(Cl)(Cl)Cl. The van der Waals surface area contributed by atoms with Crippen LogP contribution in [0.4, 0.5) is 22.0 Å². The lowest BCUT2D eigenvalue weighted by Gasteiger charge is -2.37. The molecule has 0 aromatic rings. The van der Waals surface area contributed by atoms with Crippen LogP contribution in [0.25, 0.3) is 0 Å². The Balaban J connectivity index is 5.33. The van der Waals surface area contributed by atoms with E-state index < -0.39 is 24.9 Å². The fourth-order valence-electron chi connectivity index (χ4n) is 0.448. The summed E-state index contributed by atoms with van der Waals surface area (Å²) in [5.41, 5.74) is 0. The van der Waals surface area contributed by atoms with Gasteiger partial charge in [0.05, 0.1) is 0 Å². The maximum Gasteiger partial charge on any atom is 0.442 e. The van der Waals surface area contributed by atoms with E-state index in [-0.39, 0.29) is 0 Å². The van der Waals surface area contributed by atoms with Crippen LogP contribution in [0.1, 0.15) is 0 Å². The maximum absolute atomic E-state index is 13.4. The number of ether oxygens (including phenoxy) is 1. The summed E-state index contributed by atoms with van der Waals surface area (Å²) in [5.74, 6) is 0. The first-order chi connectivity index (χ1) is 7.46. The highest BCUT2D eigenvalue weighted by Gasteiger charge is 2.71. The Bertz CT molecular complexity index is 308. The van der Waals surface area contributed by atoms with Crippen molar-refractivity contribution >= 4 is 81.2 Å². The van der Waals surface area contributed by atoms with Gasteiger partial charge in [-0.25, -0.2) is 4.39 Å². The summed E-state index contributed by atoms with van der Waals surface area (Å²) in [5, 5.41) is -8.89. The summed E-state index contributed by atoms with van der Waals surface area (Å²) < 4.78 is 59.6. The van der Waals surface area contributed by atoms with Crippen molar-refractivity contribution in [3.8, 4) is 0 Å². The molecule has 0 spiro atoms. The van der Waals surface area contributed by atoms with Crippen LogP contribution < -0.4 is 0 Å². The molecule has 0 aliphatic carbocycles. The normalized spacial score (nSPS) is 21.3. The zero-order valence-electron chi connectivity index (χ0n) is 7.44. The Morgan fingerprint density at radius 2 is 1.00 bits per heavy atom. The Morgan fingerprint density at radius 3 is 1.22 bits per heavy atom. The average Bonchev–Trinajstić information content (AvgIpc) is 1.96. The molecule has 1 nitrogen and oxygen atoms in total. The quantitative estimate of drug-likeness (QED) is 0.413.